The van der Waals surface area contributed by atoms with Gasteiger partial charge in [-0.3, -0.25) is 9.59 Å². The van der Waals surface area contributed by atoms with Crippen molar-refractivity contribution in [3.8, 4) is 0 Å². The van der Waals surface area contributed by atoms with Crippen molar-refractivity contribution in [3.63, 3.8) is 0 Å². The fourth-order valence-electron chi connectivity index (χ4n) is 2.72. The van der Waals surface area contributed by atoms with E-state index in [0.717, 1.165) is 31.6 Å². The van der Waals surface area contributed by atoms with E-state index < -0.39 is 0 Å². The van der Waals surface area contributed by atoms with E-state index in [-0.39, 0.29) is 17.7 Å². The smallest absolute Gasteiger partial charge is 0.242 e. The summed E-state index contributed by atoms with van der Waals surface area (Å²) in [6.45, 7) is 4.31. The molecule has 1 aromatic rings. The molecule has 1 atom stereocenters. The van der Waals surface area contributed by atoms with Crippen LogP contribution in [-0.4, -0.2) is 42.9 Å². The number of likely N-dealkylation sites (tertiary alicyclic amines) is 1. The van der Waals surface area contributed by atoms with Crippen LogP contribution in [0.1, 0.15) is 19.8 Å². The summed E-state index contributed by atoms with van der Waals surface area (Å²) in [5.74, 6) is -0.441. The highest BCUT2D eigenvalue weighted by molar-refractivity contribution is 5.83. The molecule has 5 nitrogen and oxygen atoms in total. The lowest BCUT2D eigenvalue weighted by atomic mass is 9.97. The molecule has 2 amide bonds. The van der Waals surface area contributed by atoms with Crippen molar-refractivity contribution in [1.82, 2.24) is 4.90 Å². The maximum atomic E-state index is 12.4. The highest BCUT2D eigenvalue weighted by Gasteiger charge is 2.27. The summed E-state index contributed by atoms with van der Waals surface area (Å²) in [4.78, 5) is 27.5. The average Bonchev–Trinajstić information content (AvgIpc) is 2.53. The van der Waals surface area contributed by atoms with E-state index >= 15 is 0 Å². The zero-order chi connectivity index (χ0) is 15.2. The van der Waals surface area contributed by atoms with Crippen LogP contribution in [0.15, 0.2) is 30.3 Å². The SMILES string of the molecule is CCN(CC(=O)N1CCCC(C(N)=O)C1)c1ccccc1. The molecule has 21 heavy (non-hydrogen) atoms. The first kappa shape index (κ1) is 15.4. The van der Waals surface area contributed by atoms with E-state index in [1.165, 1.54) is 0 Å². The topological polar surface area (TPSA) is 66.6 Å². The Hall–Kier alpha value is -2.04. The normalized spacial score (nSPS) is 18.3. The first-order valence-electron chi connectivity index (χ1n) is 7.49. The van der Waals surface area contributed by atoms with E-state index in [1.54, 1.807) is 4.90 Å². The third-order valence-corrected chi connectivity index (χ3v) is 4.01. The zero-order valence-electron chi connectivity index (χ0n) is 12.5. The number of piperidine rings is 1. The van der Waals surface area contributed by atoms with Crippen LogP contribution in [0.4, 0.5) is 5.69 Å². The monoisotopic (exact) mass is 289 g/mol. The fraction of sp³-hybridized carbons (Fsp3) is 0.500. The molecule has 2 N–H and O–H groups in total. The van der Waals surface area contributed by atoms with Gasteiger partial charge in [0, 0.05) is 25.3 Å². The van der Waals surface area contributed by atoms with Gasteiger partial charge < -0.3 is 15.5 Å². The Labute approximate surface area is 125 Å². The number of nitrogens with two attached hydrogens (primary N) is 1. The third-order valence-electron chi connectivity index (χ3n) is 4.01. The van der Waals surface area contributed by atoms with Gasteiger partial charge in [0.25, 0.3) is 0 Å². The standard InChI is InChI=1S/C16H23N3O2/c1-2-18(14-8-4-3-5-9-14)12-15(20)19-10-6-7-13(11-19)16(17)21/h3-5,8-9,13H,2,6-7,10-12H2,1H3,(H2,17,21). The zero-order valence-corrected chi connectivity index (χ0v) is 12.5. The van der Waals surface area contributed by atoms with Gasteiger partial charge in [-0.1, -0.05) is 18.2 Å². The number of anilines is 1. The summed E-state index contributed by atoms with van der Waals surface area (Å²) in [5.41, 5.74) is 6.40. The van der Waals surface area contributed by atoms with Crippen LogP contribution in [-0.2, 0) is 9.59 Å². The first-order valence-corrected chi connectivity index (χ1v) is 7.49. The lowest BCUT2D eigenvalue weighted by Crippen LogP contribution is -2.47. The van der Waals surface area contributed by atoms with Crippen molar-refractivity contribution < 1.29 is 9.59 Å². The Morgan fingerprint density at radius 2 is 2.05 bits per heavy atom. The van der Waals surface area contributed by atoms with Crippen molar-refractivity contribution in [2.24, 2.45) is 11.7 Å². The van der Waals surface area contributed by atoms with Gasteiger partial charge in [-0.25, -0.2) is 0 Å². The Bertz CT molecular complexity index is 490. The summed E-state index contributed by atoms with van der Waals surface area (Å²) < 4.78 is 0. The van der Waals surface area contributed by atoms with Gasteiger partial charge in [-0.2, -0.15) is 0 Å². The van der Waals surface area contributed by atoms with Gasteiger partial charge >= 0.3 is 0 Å². The number of nitrogens with zero attached hydrogens (tertiary/aromatic N) is 2. The van der Waals surface area contributed by atoms with Crippen LogP contribution in [0.5, 0.6) is 0 Å². The van der Waals surface area contributed by atoms with E-state index in [2.05, 4.69) is 0 Å². The largest absolute Gasteiger partial charge is 0.369 e. The van der Waals surface area contributed by atoms with Gasteiger partial charge in [-0.05, 0) is 31.9 Å². The quantitative estimate of drug-likeness (QED) is 0.886. The van der Waals surface area contributed by atoms with Gasteiger partial charge in [0.2, 0.25) is 11.8 Å². The number of primary amides is 1. The number of para-hydroxylation sites is 1. The second-order valence-corrected chi connectivity index (χ2v) is 5.43. The van der Waals surface area contributed by atoms with Crippen molar-refractivity contribution in [2.75, 3.05) is 31.1 Å². The molecule has 0 aromatic heterocycles. The molecule has 1 aromatic carbocycles. The summed E-state index contributed by atoms with van der Waals surface area (Å²) >= 11 is 0. The molecule has 1 unspecified atom stereocenters. The molecule has 1 fully saturated rings. The maximum absolute atomic E-state index is 12.4. The Balaban J connectivity index is 1.98. The van der Waals surface area contributed by atoms with Gasteiger partial charge in [0.15, 0.2) is 0 Å². The minimum absolute atomic E-state index is 0.0617. The van der Waals surface area contributed by atoms with Crippen molar-refractivity contribution in [1.29, 1.82) is 0 Å². The lowest BCUT2D eigenvalue weighted by Gasteiger charge is -2.33. The number of hydrogen-bond acceptors (Lipinski definition) is 3. The van der Waals surface area contributed by atoms with Crippen molar-refractivity contribution in [2.45, 2.75) is 19.8 Å². The average molecular weight is 289 g/mol. The third kappa shape index (κ3) is 3.97. The summed E-state index contributed by atoms with van der Waals surface area (Å²) in [5, 5.41) is 0. The Morgan fingerprint density at radius 1 is 1.33 bits per heavy atom. The minimum atomic E-state index is -0.303. The van der Waals surface area contributed by atoms with Crippen LogP contribution >= 0.6 is 0 Å². The number of carbonyl (C=O) groups excluding carboxylic acids is 2. The van der Waals surface area contributed by atoms with Crippen LogP contribution in [0, 0.1) is 5.92 Å². The predicted octanol–water partition coefficient (Wildman–Crippen LogP) is 1.24. The number of hydrogen-bond donors (Lipinski definition) is 1. The molecular weight excluding hydrogens is 266 g/mol. The number of carbonyl (C=O) groups is 2. The highest BCUT2D eigenvalue weighted by Crippen LogP contribution is 2.18. The predicted molar refractivity (Wildman–Crippen MR) is 82.8 cm³/mol. The molecule has 114 valence electrons. The number of amides is 2. The molecule has 0 aliphatic carbocycles. The van der Waals surface area contributed by atoms with Crippen molar-refractivity contribution in [3.05, 3.63) is 30.3 Å². The molecule has 0 radical (unpaired) electrons. The highest BCUT2D eigenvalue weighted by atomic mass is 16.2. The van der Waals surface area contributed by atoms with Gasteiger partial charge in [0.1, 0.15) is 0 Å². The van der Waals surface area contributed by atoms with E-state index in [0.29, 0.717) is 13.1 Å². The number of rotatable bonds is 5. The van der Waals surface area contributed by atoms with Crippen LogP contribution < -0.4 is 10.6 Å². The fourth-order valence-corrected chi connectivity index (χ4v) is 2.72. The molecular formula is C16H23N3O2. The molecule has 1 aliphatic heterocycles. The van der Waals surface area contributed by atoms with E-state index in [9.17, 15) is 9.59 Å². The molecule has 1 heterocycles. The molecule has 0 spiro atoms. The van der Waals surface area contributed by atoms with E-state index in [4.69, 9.17) is 5.73 Å². The summed E-state index contributed by atoms with van der Waals surface area (Å²) in [6.07, 6.45) is 1.63. The molecule has 5 heteroatoms. The first-order chi connectivity index (χ1) is 10.1. The molecule has 2 rings (SSSR count). The Kier molecular flexibility index (Phi) is 5.20. The molecule has 1 saturated heterocycles. The second-order valence-electron chi connectivity index (χ2n) is 5.43. The Morgan fingerprint density at radius 3 is 2.67 bits per heavy atom. The van der Waals surface area contributed by atoms with Crippen molar-refractivity contribution >= 4 is 17.5 Å². The second kappa shape index (κ2) is 7.11. The minimum Gasteiger partial charge on any atom is -0.369 e. The lowest BCUT2D eigenvalue weighted by molar-refractivity contribution is -0.133. The van der Waals surface area contributed by atoms with Crippen LogP contribution in [0.2, 0.25) is 0 Å². The summed E-state index contributed by atoms with van der Waals surface area (Å²) in [6, 6.07) is 9.89. The molecule has 1 aliphatic rings. The van der Waals surface area contributed by atoms with Crippen LogP contribution in [0.25, 0.3) is 0 Å². The van der Waals surface area contributed by atoms with E-state index in [1.807, 2.05) is 42.2 Å². The molecule has 0 bridgehead atoms. The number of likely N-dealkylation sites (N-methyl/N-ethyl adjacent to an activating group) is 1. The summed E-state index contributed by atoms with van der Waals surface area (Å²) in [7, 11) is 0. The van der Waals surface area contributed by atoms with Gasteiger partial charge in [-0.15, -0.1) is 0 Å². The van der Waals surface area contributed by atoms with Gasteiger partial charge in [0.05, 0.1) is 12.5 Å². The number of benzene rings is 1. The maximum Gasteiger partial charge on any atom is 0.242 e. The van der Waals surface area contributed by atoms with Crippen LogP contribution in [0.3, 0.4) is 0 Å². The molecule has 0 saturated carbocycles.